The van der Waals surface area contributed by atoms with E-state index in [0.717, 1.165) is 29.1 Å². The van der Waals surface area contributed by atoms with Gasteiger partial charge >= 0.3 is 0 Å². The lowest BCUT2D eigenvalue weighted by atomic mass is 10.2. The molecule has 2 aromatic carbocycles. The molecule has 0 atom stereocenters. The van der Waals surface area contributed by atoms with Crippen molar-refractivity contribution in [3.8, 4) is 5.69 Å². The number of carbonyl (C=O) groups is 1. The summed E-state index contributed by atoms with van der Waals surface area (Å²) < 4.78 is 28.2. The van der Waals surface area contributed by atoms with Gasteiger partial charge in [0.25, 0.3) is 0 Å². The van der Waals surface area contributed by atoms with Crippen molar-refractivity contribution in [3.05, 3.63) is 66.0 Å². The molecule has 0 saturated carbocycles. The summed E-state index contributed by atoms with van der Waals surface area (Å²) in [6.07, 6.45) is 1.37. The van der Waals surface area contributed by atoms with Crippen LogP contribution in [0.25, 0.3) is 16.9 Å². The van der Waals surface area contributed by atoms with Gasteiger partial charge in [0.1, 0.15) is 23.0 Å². The predicted molar refractivity (Wildman–Crippen MR) is 105 cm³/mol. The Bertz CT molecular complexity index is 1200. The average molecular weight is 412 g/mol. The second-order valence-electron chi connectivity index (χ2n) is 6.15. The Balaban J connectivity index is 1.51. The molecule has 146 valence electrons. The number of hydrogen-bond donors (Lipinski definition) is 1. The van der Waals surface area contributed by atoms with Crippen LogP contribution in [-0.4, -0.2) is 36.6 Å². The summed E-state index contributed by atoms with van der Waals surface area (Å²) in [7, 11) is 0. The minimum absolute atomic E-state index is 0.0413. The monoisotopic (exact) mass is 412 g/mol. The highest BCUT2D eigenvalue weighted by Crippen LogP contribution is 2.24. The zero-order chi connectivity index (χ0) is 20.4. The number of halogens is 2. The van der Waals surface area contributed by atoms with Crippen molar-refractivity contribution >= 4 is 34.5 Å². The molecule has 4 aromatic rings. The zero-order valence-corrected chi connectivity index (χ0v) is 16.0. The Hall–Kier alpha value is -3.40. The molecule has 0 fully saturated rings. The number of rotatable bonds is 5. The maximum Gasteiger partial charge on any atom is 0.234 e. The second kappa shape index (κ2) is 7.92. The van der Waals surface area contributed by atoms with Crippen LogP contribution < -0.4 is 5.32 Å². The van der Waals surface area contributed by atoms with Gasteiger partial charge in [-0.1, -0.05) is 34.7 Å². The van der Waals surface area contributed by atoms with Gasteiger partial charge in [0, 0.05) is 6.07 Å². The number of carbonyl (C=O) groups excluding carboxylic acids is 1. The van der Waals surface area contributed by atoms with Gasteiger partial charge in [0.2, 0.25) is 5.91 Å². The molecule has 0 saturated heterocycles. The fourth-order valence-corrected chi connectivity index (χ4v) is 3.34. The molecule has 4 rings (SSSR count). The zero-order valence-electron chi connectivity index (χ0n) is 15.1. The number of amides is 1. The molecule has 7 nitrogen and oxygen atoms in total. The summed E-state index contributed by atoms with van der Waals surface area (Å²) in [6, 6.07) is 10.7. The molecule has 1 N–H and O–H groups in total. The van der Waals surface area contributed by atoms with Gasteiger partial charge in [-0.05, 0) is 31.2 Å². The Morgan fingerprint density at radius 3 is 2.69 bits per heavy atom. The number of nitrogens with one attached hydrogen (secondary N) is 1. The average Bonchev–Trinajstić information content (AvgIpc) is 3.14. The molecule has 0 aliphatic heterocycles. The van der Waals surface area contributed by atoms with Crippen LogP contribution in [0.3, 0.4) is 0 Å². The van der Waals surface area contributed by atoms with Gasteiger partial charge in [-0.25, -0.2) is 18.7 Å². The minimum atomic E-state index is -0.839. The summed E-state index contributed by atoms with van der Waals surface area (Å²) in [5.41, 5.74) is 2.80. The standard InChI is InChI=1S/C19H14F2N6OS/c1-11-2-5-13(6-3-11)27-18-17(25-26-27)19(23-10-22-18)29-9-16(28)24-15-7-4-12(20)8-14(15)21/h2-8,10H,9H2,1H3,(H,24,28). The molecule has 2 heterocycles. The molecule has 29 heavy (non-hydrogen) atoms. The van der Waals surface area contributed by atoms with Gasteiger partial charge in [0.05, 0.1) is 17.1 Å². The third-order valence-electron chi connectivity index (χ3n) is 4.03. The molecular formula is C19H14F2N6OS. The van der Waals surface area contributed by atoms with E-state index in [1.165, 1.54) is 12.4 Å². The van der Waals surface area contributed by atoms with Gasteiger partial charge in [0.15, 0.2) is 11.2 Å². The lowest BCUT2D eigenvalue weighted by molar-refractivity contribution is -0.113. The molecule has 0 aliphatic carbocycles. The van der Waals surface area contributed by atoms with Crippen LogP contribution in [0.15, 0.2) is 53.8 Å². The number of fused-ring (bicyclic) bond motifs is 1. The van der Waals surface area contributed by atoms with E-state index in [1.807, 2.05) is 31.2 Å². The smallest absolute Gasteiger partial charge is 0.234 e. The summed E-state index contributed by atoms with van der Waals surface area (Å²) in [5, 5.41) is 11.2. The van der Waals surface area contributed by atoms with E-state index in [4.69, 9.17) is 0 Å². The Kier molecular flexibility index (Phi) is 5.17. The molecule has 1 amide bonds. The highest BCUT2D eigenvalue weighted by Gasteiger charge is 2.15. The van der Waals surface area contributed by atoms with Crippen LogP contribution in [-0.2, 0) is 4.79 Å². The highest BCUT2D eigenvalue weighted by molar-refractivity contribution is 8.00. The van der Waals surface area contributed by atoms with Crippen LogP contribution >= 0.6 is 11.8 Å². The molecular weight excluding hydrogens is 398 g/mol. The van der Waals surface area contributed by atoms with E-state index in [9.17, 15) is 13.6 Å². The maximum atomic E-state index is 13.7. The van der Waals surface area contributed by atoms with Crippen LogP contribution in [0.1, 0.15) is 5.56 Å². The summed E-state index contributed by atoms with van der Waals surface area (Å²) in [5.74, 6) is -2.05. The minimum Gasteiger partial charge on any atom is -0.323 e. The fourth-order valence-electron chi connectivity index (χ4n) is 2.60. The number of anilines is 1. The third-order valence-corrected chi connectivity index (χ3v) is 5.01. The first-order valence-corrected chi connectivity index (χ1v) is 9.51. The SMILES string of the molecule is Cc1ccc(-n2nnc3c(SCC(=O)Nc4ccc(F)cc4F)ncnc32)cc1. The summed E-state index contributed by atoms with van der Waals surface area (Å²) >= 11 is 1.12. The molecule has 10 heteroatoms. The van der Waals surface area contributed by atoms with E-state index >= 15 is 0 Å². The number of hydrogen-bond acceptors (Lipinski definition) is 6. The molecule has 0 radical (unpaired) electrons. The number of aromatic nitrogens is 5. The third kappa shape index (κ3) is 4.06. The molecule has 0 aliphatic rings. The van der Waals surface area contributed by atoms with Crippen molar-refractivity contribution < 1.29 is 13.6 Å². The predicted octanol–water partition coefficient (Wildman–Crippen LogP) is 3.53. The van der Waals surface area contributed by atoms with Crippen LogP contribution in [0.2, 0.25) is 0 Å². The van der Waals surface area contributed by atoms with Gasteiger partial charge in [-0.15, -0.1) is 5.10 Å². The quantitative estimate of drug-likeness (QED) is 0.399. The Morgan fingerprint density at radius 2 is 1.93 bits per heavy atom. The van der Waals surface area contributed by atoms with Crippen molar-refractivity contribution in [2.24, 2.45) is 0 Å². The lowest BCUT2D eigenvalue weighted by Gasteiger charge is -2.06. The first-order chi connectivity index (χ1) is 14.0. The van der Waals surface area contributed by atoms with Crippen molar-refractivity contribution in [3.63, 3.8) is 0 Å². The molecule has 2 aromatic heterocycles. The van der Waals surface area contributed by atoms with E-state index in [2.05, 4.69) is 25.6 Å². The first kappa shape index (κ1) is 18.9. The maximum absolute atomic E-state index is 13.7. The number of benzene rings is 2. The van der Waals surface area contributed by atoms with Crippen LogP contribution in [0.4, 0.5) is 14.5 Å². The van der Waals surface area contributed by atoms with Crippen LogP contribution in [0, 0.1) is 18.6 Å². The fraction of sp³-hybridized carbons (Fsp3) is 0.105. The lowest BCUT2D eigenvalue weighted by Crippen LogP contribution is -2.15. The van der Waals surface area contributed by atoms with Gasteiger partial charge in [-0.2, -0.15) is 4.68 Å². The number of thioether (sulfide) groups is 1. The van der Waals surface area contributed by atoms with E-state index in [-0.39, 0.29) is 11.4 Å². The van der Waals surface area contributed by atoms with E-state index in [0.29, 0.717) is 22.3 Å². The van der Waals surface area contributed by atoms with E-state index < -0.39 is 17.5 Å². The van der Waals surface area contributed by atoms with Crippen molar-refractivity contribution in [2.75, 3.05) is 11.1 Å². The van der Waals surface area contributed by atoms with E-state index in [1.54, 1.807) is 4.68 Å². The van der Waals surface area contributed by atoms with Gasteiger partial charge in [-0.3, -0.25) is 4.79 Å². The van der Waals surface area contributed by atoms with Crippen molar-refractivity contribution in [1.29, 1.82) is 0 Å². The number of aryl methyl sites for hydroxylation is 1. The van der Waals surface area contributed by atoms with Crippen molar-refractivity contribution in [1.82, 2.24) is 25.0 Å². The first-order valence-electron chi connectivity index (χ1n) is 8.52. The second-order valence-corrected chi connectivity index (χ2v) is 7.11. The Morgan fingerprint density at radius 1 is 1.14 bits per heavy atom. The Labute approximate surface area is 168 Å². The molecule has 0 unspecified atom stereocenters. The van der Waals surface area contributed by atoms with Gasteiger partial charge < -0.3 is 5.32 Å². The molecule has 0 spiro atoms. The summed E-state index contributed by atoms with van der Waals surface area (Å²) in [4.78, 5) is 20.6. The van der Waals surface area contributed by atoms with Crippen molar-refractivity contribution in [2.45, 2.75) is 11.9 Å². The largest absolute Gasteiger partial charge is 0.323 e. The van der Waals surface area contributed by atoms with Crippen LogP contribution in [0.5, 0.6) is 0 Å². The molecule has 0 bridgehead atoms. The normalized spacial score (nSPS) is 11.0. The summed E-state index contributed by atoms with van der Waals surface area (Å²) in [6.45, 7) is 1.99. The highest BCUT2D eigenvalue weighted by atomic mass is 32.2. The number of nitrogens with zero attached hydrogens (tertiary/aromatic N) is 5. The topological polar surface area (TPSA) is 85.6 Å².